The van der Waals surface area contributed by atoms with Crippen LogP contribution in [-0.4, -0.2) is 4.98 Å². The molecule has 1 aliphatic rings. The maximum absolute atomic E-state index is 4.77. The largest absolute Gasteiger partial charge is 0.258 e. The summed E-state index contributed by atoms with van der Waals surface area (Å²) < 4.78 is 0. The summed E-state index contributed by atoms with van der Waals surface area (Å²) in [5, 5.41) is 7.65. The van der Waals surface area contributed by atoms with Crippen molar-refractivity contribution < 1.29 is 0 Å². The molecule has 0 radical (unpaired) electrons. The van der Waals surface area contributed by atoms with E-state index in [0.29, 0.717) is 0 Å². The lowest BCUT2D eigenvalue weighted by molar-refractivity contribution is 1.15. The van der Waals surface area contributed by atoms with Crippen LogP contribution in [0.25, 0.3) is 88.0 Å². The second kappa shape index (κ2) is 9.49. The number of benzene rings is 7. The first-order valence-corrected chi connectivity index (χ1v) is 15.3. The van der Waals surface area contributed by atoms with Gasteiger partial charge in [-0.25, -0.2) is 0 Å². The highest BCUT2D eigenvalue weighted by Crippen LogP contribution is 2.58. The van der Waals surface area contributed by atoms with Crippen molar-refractivity contribution in [3.63, 3.8) is 0 Å². The Morgan fingerprint density at radius 2 is 0.955 bits per heavy atom. The number of rotatable bonds is 3. The van der Waals surface area contributed by atoms with Crippen molar-refractivity contribution in [1.82, 2.24) is 4.98 Å². The van der Waals surface area contributed by atoms with Crippen LogP contribution in [0.5, 0.6) is 0 Å². The van der Waals surface area contributed by atoms with E-state index in [1.807, 2.05) is 0 Å². The van der Waals surface area contributed by atoms with Crippen molar-refractivity contribution in [2.45, 2.75) is 13.8 Å². The average molecular weight is 560 g/mol. The zero-order valence-electron chi connectivity index (χ0n) is 24.7. The summed E-state index contributed by atoms with van der Waals surface area (Å²) in [4.78, 5) is 4.77. The van der Waals surface area contributed by atoms with Crippen LogP contribution in [0.3, 0.4) is 0 Å². The molecule has 8 aromatic rings. The molecular formula is C43H29N. The van der Waals surface area contributed by atoms with Crippen LogP contribution in [-0.2, 0) is 0 Å². The molecule has 0 saturated carbocycles. The third-order valence-corrected chi connectivity index (χ3v) is 9.38. The average Bonchev–Trinajstić information content (AvgIpc) is 3.39. The molecule has 1 aliphatic carbocycles. The first-order valence-electron chi connectivity index (χ1n) is 15.3. The van der Waals surface area contributed by atoms with Gasteiger partial charge in [-0.1, -0.05) is 127 Å². The summed E-state index contributed by atoms with van der Waals surface area (Å²) in [7, 11) is 0. The van der Waals surface area contributed by atoms with E-state index in [9.17, 15) is 0 Å². The fourth-order valence-corrected chi connectivity index (χ4v) is 7.61. The first kappa shape index (κ1) is 25.0. The van der Waals surface area contributed by atoms with Crippen molar-refractivity contribution in [1.29, 1.82) is 0 Å². The molecule has 206 valence electrons. The minimum atomic E-state index is 1.06. The molecule has 0 aliphatic heterocycles. The second-order valence-corrected chi connectivity index (χ2v) is 12.0. The fraction of sp³-hybridized carbons (Fsp3) is 0.0465. The number of aryl methyl sites for hydroxylation is 2. The van der Waals surface area contributed by atoms with E-state index >= 15 is 0 Å². The quantitative estimate of drug-likeness (QED) is 0.210. The summed E-state index contributed by atoms with van der Waals surface area (Å²) >= 11 is 0. The van der Waals surface area contributed by atoms with Gasteiger partial charge >= 0.3 is 0 Å². The number of pyridine rings is 1. The Morgan fingerprint density at radius 1 is 0.386 bits per heavy atom. The highest BCUT2D eigenvalue weighted by molar-refractivity contribution is 6.28. The lowest BCUT2D eigenvalue weighted by Gasteiger charge is -2.20. The summed E-state index contributed by atoms with van der Waals surface area (Å²) in [6.45, 7) is 4.18. The van der Waals surface area contributed by atoms with Gasteiger partial charge in [0.05, 0.1) is 0 Å². The molecular weight excluding hydrogens is 530 g/mol. The molecule has 9 rings (SSSR count). The highest BCUT2D eigenvalue weighted by Gasteiger charge is 2.31. The van der Waals surface area contributed by atoms with Gasteiger partial charge < -0.3 is 0 Å². The molecule has 1 heterocycles. The van der Waals surface area contributed by atoms with Crippen LogP contribution in [0, 0.1) is 13.8 Å². The molecule has 7 aromatic carbocycles. The topological polar surface area (TPSA) is 12.9 Å². The van der Waals surface area contributed by atoms with Crippen LogP contribution in [0.15, 0.2) is 140 Å². The second-order valence-electron chi connectivity index (χ2n) is 12.0. The van der Waals surface area contributed by atoms with Crippen molar-refractivity contribution in [2.24, 2.45) is 0 Å². The highest BCUT2D eigenvalue weighted by atomic mass is 14.7. The van der Waals surface area contributed by atoms with Gasteiger partial charge in [0, 0.05) is 16.8 Å². The van der Waals surface area contributed by atoms with Gasteiger partial charge in [0.1, 0.15) is 0 Å². The van der Waals surface area contributed by atoms with Gasteiger partial charge in [-0.15, -0.1) is 0 Å². The van der Waals surface area contributed by atoms with Crippen molar-refractivity contribution in [2.75, 3.05) is 0 Å². The number of aromatic nitrogens is 1. The minimum Gasteiger partial charge on any atom is -0.258 e. The zero-order valence-corrected chi connectivity index (χ0v) is 24.7. The van der Waals surface area contributed by atoms with Gasteiger partial charge in [-0.2, -0.15) is 0 Å². The van der Waals surface area contributed by atoms with Gasteiger partial charge in [-0.3, -0.25) is 4.98 Å². The third-order valence-electron chi connectivity index (χ3n) is 9.38. The van der Waals surface area contributed by atoms with Crippen molar-refractivity contribution in [3.05, 3.63) is 151 Å². The maximum Gasteiger partial charge on any atom is 0.0454 e. The summed E-state index contributed by atoms with van der Waals surface area (Å²) in [5.41, 5.74) is 15.0. The molecule has 1 heteroatoms. The lowest BCUT2D eigenvalue weighted by atomic mass is 9.82. The maximum atomic E-state index is 4.77. The van der Waals surface area contributed by atoms with Crippen LogP contribution in [0.1, 0.15) is 11.4 Å². The minimum absolute atomic E-state index is 1.06. The molecule has 0 N–H and O–H groups in total. The first-order chi connectivity index (χ1) is 21.7. The molecule has 1 aromatic heterocycles. The number of hydrogen-bond donors (Lipinski definition) is 0. The van der Waals surface area contributed by atoms with Crippen LogP contribution in [0.4, 0.5) is 0 Å². The molecule has 0 spiro atoms. The van der Waals surface area contributed by atoms with Gasteiger partial charge in [0.2, 0.25) is 0 Å². The summed E-state index contributed by atoms with van der Waals surface area (Å²) in [5.74, 6) is 0. The molecule has 1 nitrogen and oxygen atoms in total. The Balaban J connectivity index is 1.41. The van der Waals surface area contributed by atoms with E-state index in [0.717, 1.165) is 11.4 Å². The van der Waals surface area contributed by atoms with E-state index < -0.39 is 0 Å². The summed E-state index contributed by atoms with van der Waals surface area (Å²) in [6.07, 6.45) is 0. The molecule has 0 atom stereocenters. The van der Waals surface area contributed by atoms with E-state index in [-0.39, 0.29) is 0 Å². The Bertz CT molecular complexity index is 2340. The van der Waals surface area contributed by atoms with E-state index in [4.69, 9.17) is 4.98 Å². The fourth-order valence-electron chi connectivity index (χ4n) is 7.61. The van der Waals surface area contributed by atoms with Crippen LogP contribution in [0.2, 0.25) is 0 Å². The van der Waals surface area contributed by atoms with E-state index in [2.05, 4.69) is 153 Å². The third kappa shape index (κ3) is 3.56. The Labute approximate surface area is 257 Å². The number of fused-ring (bicyclic) bond motifs is 5. The monoisotopic (exact) mass is 559 g/mol. The Morgan fingerprint density at radius 3 is 1.61 bits per heavy atom. The lowest BCUT2D eigenvalue weighted by Crippen LogP contribution is -1.93. The predicted octanol–water partition coefficient (Wildman–Crippen LogP) is 11.8. The summed E-state index contributed by atoms with van der Waals surface area (Å²) in [6, 6.07) is 51.4. The van der Waals surface area contributed by atoms with Gasteiger partial charge in [-0.05, 0) is 109 Å². The molecule has 0 fully saturated rings. The molecule has 44 heavy (non-hydrogen) atoms. The van der Waals surface area contributed by atoms with Gasteiger partial charge in [0.15, 0.2) is 0 Å². The van der Waals surface area contributed by atoms with Crippen molar-refractivity contribution >= 4 is 32.3 Å². The Hall–Kier alpha value is -5.53. The number of nitrogens with zero attached hydrogens (tertiary/aromatic N) is 1. The van der Waals surface area contributed by atoms with E-state index in [1.54, 1.807) is 0 Å². The molecule has 0 saturated heterocycles. The smallest absolute Gasteiger partial charge is 0.0454 e. The number of hydrogen-bond acceptors (Lipinski definition) is 1. The zero-order chi connectivity index (χ0) is 29.4. The normalized spacial score (nSPS) is 11.9. The molecule has 0 amide bonds. The molecule has 0 bridgehead atoms. The van der Waals surface area contributed by atoms with Crippen LogP contribution >= 0.6 is 0 Å². The van der Waals surface area contributed by atoms with Gasteiger partial charge in [0.25, 0.3) is 0 Å². The predicted molar refractivity (Wildman–Crippen MR) is 187 cm³/mol. The standard InChI is InChI=1S/C43H29N/c1-26-24-30-20-21-31(25-38(30)27(2)44-26)32-22-23-37-41-33(32)18-11-19-36(41)42-39(28-12-5-3-6-13-28)34-16-9-10-17-35(34)40(43(37)42)29-14-7-4-8-15-29/h3-25H,1-2H3. The van der Waals surface area contributed by atoms with Crippen LogP contribution < -0.4 is 0 Å². The SMILES string of the molecule is Cc1cc2ccc(-c3ccc4c5c(cccc35)-c3c-4c(-c4ccccc4)c4ccccc4c3-c3ccccc3)cc2c(C)n1. The van der Waals surface area contributed by atoms with E-state index in [1.165, 1.54) is 88.0 Å². The Kier molecular flexibility index (Phi) is 5.39. The molecule has 0 unspecified atom stereocenters. The van der Waals surface area contributed by atoms with Crippen molar-refractivity contribution in [3.8, 4) is 55.6 Å².